The quantitative estimate of drug-likeness (QED) is 0.815. The van der Waals surface area contributed by atoms with Crippen LogP contribution in [0.25, 0.3) is 11.1 Å². The summed E-state index contributed by atoms with van der Waals surface area (Å²) in [6.45, 7) is 0.875. The number of hydrogen-bond donors (Lipinski definition) is 1. The van der Waals surface area contributed by atoms with Crippen LogP contribution in [-0.2, 0) is 21.4 Å². The van der Waals surface area contributed by atoms with Gasteiger partial charge in [0.15, 0.2) is 5.58 Å². The van der Waals surface area contributed by atoms with E-state index in [1.807, 2.05) is 0 Å². The van der Waals surface area contributed by atoms with Crippen LogP contribution in [0.2, 0.25) is 0 Å². The van der Waals surface area contributed by atoms with E-state index in [0.717, 1.165) is 38.5 Å². The van der Waals surface area contributed by atoms with E-state index in [2.05, 4.69) is 5.32 Å². The van der Waals surface area contributed by atoms with Crippen molar-refractivity contribution in [3.63, 3.8) is 0 Å². The first-order chi connectivity index (χ1) is 13.4. The van der Waals surface area contributed by atoms with Gasteiger partial charge >= 0.3 is 5.76 Å². The third kappa shape index (κ3) is 3.73. The number of nitrogens with zero attached hydrogens (tertiary/aromatic N) is 2. The van der Waals surface area contributed by atoms with E-state index in [0.29, 0.717) is 18.6 Å². The molecule has 28 heavy (non-hydrogen) atoms. The highest BCUT2D eigenvalue weighted by Gasteiger charge is 2.28. The van der Waals surface area contributed by atoms with Crippen molar-refractivity contribution >= 4 is 27.0 Å². The van der Waals surface area contributed by atoms with Gasteiger partial charge in [0.05, 0.1) is 10.4 Å². The lowest BCUT2D eigenvalue weighted by Gasteiger charge is -2.22. The normalized spacial score (nSPS) is 19.3. The molecule has 0 spiro atoms. The van der Waals surface area contributed by atoms with Crippen molar-refractivity contribution in [3.05, 3.63) is 28.7 Å². The van der Waals surface area contributed by atoms with E-state index in [-0.39, 0.29) is 29.0 Å². The minimum Gasteiger partial charge on any atom is -0.408 e. The molecule has 1 N–H and O–H groups in total. The molecule has 1 saturated carbocycles. The Kier molecular flexibility index (Phi) is 5.29. The third-order valence-electron chi connectivity index (χ3n) is 5.61. The fourth-order valence-electron chi connectivity index (χ4n) is 4.10. The highest BCUT2D eigenvalue weighted by atomic mass is 32.2. The van der Waals surface area contributed by atoms with Crippen molar-refractivity contribution in [2.45, 2.75) is 62.4 Å². The van der Waals surface area contributed by atoms with E-state index in [1.54, 1.807) is 0 Å². The SMILES string of the molecule is O=C(Cn1c(=O)oc2cc(S(=O)(=O)N3CCCC3)ccc21)NC1CCCCC1. The maximum Gasteiger partial charge on any atom is 0.420 e. The average molecular weight is 407 g/mol. The molecular weight excluding hydrogens is 382 g/mol. The predicted molar refractivity (Wildman–Crippen MR) is 103 cm³/mol. The number of nitrogens with one attached hydrogen (secondary N) is 1. The van der Waals surface area contributed by atoms with E-state index in [1.165, 1.54) is 33.5 Å². The molecule has 0 radical (unpaired) electrons. The Morgan fingerprint density at radius 1 is 1.11 bits per heavy atom. The van der Waals surface area contributed by atoms with Crippen molar-refractivity contribution in [3.8, 4) is 0 Å². The van der Waals surface area contributed by atoms with Gasteiger partial charge in [-0.25, -0.2) is 13.2 Å². The number of aromatic nitrogens is 1. The second kappa shape index (κ2) is 7.71. The van der Waals surface area contributed by atoms with Crippen LogP contribution in [0.3, 0.4) is 0 Å². The Morgan fingerprint density at radius 2 is 1.82 bits per heavy atom. The van der Waals surface area contributed by atoms with Gasteiger partial charge in [0, 0.05) is 25.2 Å². The van der Waals surface area contributed by atoms with Crippen molar-refractivity contribution < 1.29 is 17.6 Å². The summed E-state index contributed by atoms with van der Waals surface area (Å²) in [6.07, 6.45) is 7.03. The summed E-state index contributed by atoms with van der Waals surface area (Å²) in [5.41, 5.74) is 0.597. The molecule has 0 atom stereocenters. The number of benzene rings is 1. The van der Waals surface area contributed by atoms with Crippen molar-refractivity contribution in [1.29, 1.82) is 0 Å². The lowest BCUT2D eigenvalue weighted by Crippen LogP contribution is -2.39. The molecule has 2 fully saturated rings. The number of fused-ring (bicyclic) bond motifs is 1. The molecule has 1 aliphatic heterocycles. The molecule has 1 amide bonds. The summed E-state index contributed by atoms with van der Waals surface area (Å²) in [5.74, 6) is -0.894. The van der Waals surface area contributed by atoms with Gasteiger partial charge in [-0.15, -0.1) is 0 Å². The maximum absolute atomic E-state index is 12.7. The van der Waals surface area contributed by atoms with Gasteiger partial charge in [-0.1, -0.05) is 19.3 Å². The number of sulfonamides is 1. The molecule has 2 heterocycles. The van der Waals surface area contributed by atoms with E-state index < -0.39 is 15.8 Å². The highest BCUT2D eigenvalue weighted by Crippen LogP contribution is 2.24. The fraction of sp³-hybridized carbons (Fsp3) is 0.579. The number of oxazole rings is 1. The summed E-state index contributed by atoms with van der Waals surface area (Å²) in [5, 5.41) is 2.98. The van der Waals surface area contributed by atoms with E-state index in [9.17, 15) is 18.0 Å². The molecule has 1 saturated heterocycles. The number of rotatable bonds is 5. The fourth-order valence-corrected chi connectivity index (χ4v) is 5.63. The second-order valence-electron chi connectivity index (χ2n) is 7.60. The topological polar surface area (TPSA) is 102 Å². The van der Waals surface area contributed by atoms with Gasteiger partial charge in [0.25, 0.3) is 0 Å². The summed E-state index contributed by atoms with van der Waals surface area (Å²) in [6, 6.07) is 4.55. The minimum absolute atomic E-state index is 0.106. The molecule has 0 unspecified atom stereocenters. The average Bonchev–Trinajstić information content (AvgIpc) is 3.31. The first-order valence-corrected chi connectivity index (χ1v) is 11.3. The lowest BCUT2D eigenvalue weighted by molar-refractivity contribution is -0.122. The molecule has 2 aromatic rings. The highest BCUT2D eigenvalue weighted by molar-refractivity contribution is 7.89. The predicted octanol–water partition coefficient (Wildman–Crippen LogP) is 1.83. The van der Waals surface area contributed by atoms with E-state index >= 15 is 0 Å². The monoisotopic (exact) mass is 407 g/mol. The molecule has 1 aliphatic carbocycles. The van der Waals surface area contributed by atoms with E-state index in [4.69, 9.17) is 4.42 Å². The second-order valence-corrected chi connectivity index (χ2v) is 9.54. The number of carbonyl (C=O) groups is 1. The molecule has 1 aromatic carbocycles. The zero-order valence-corrected chi connectivity index (χ0v) is 16.5. The van der Waals surface area contributed by atoms with Crippen LogP contribution in [0.15, 0.2) is 32.3 Å². The lowest BCUT2D eigenvalue weighted by atomic mass is 9.95. The van der Waals surface area contributed by atoms with Gasteiger partial charge in [0.2, 0.25) is 15.9 Å². The Balaban J connectivity index is 1.56. The van der Waals surface area contributed by atoms with Crippen LogP contribution >= 0.6 is 0 Å². The van der Waals surface area contributed by atoms with Gasteiger partial charge in [-0.2, -0.15) is 4.31 Å². The van der Waals surface area contributed by atoms with Crippen molar-refractivity contribution in [2.24, 2.45) is 0 Å². The summed E-state index contributed by atoms with van der Waals surface area (Å²) < 4.78 is 33.3. The van der Waals surface area contributed by atoms with Crippen LogP contribution in [-0.4, -0.2) is 42.3 Å². The molecule has 1 aromatic heterocycles. The van der Waals surface area contributed by atoms with Gasteiger partial charge in [-0.05, 0) is 37.8 Å². The molecule has 4 rings (SSSR count). The minimum atomic E-state index is -3.59. The Bertz CT molecular complexity index is 1030. The van der Waals surface area contributed by atoms with Crippen LogP contribution in [0.5, 0.6) is 0 Å². The Labute approximate surface area is 163 Å². The molecule has 8 nitrogen and oxygen atoms in total. The smallest absolute Gasteiger partial charge is 0.408 e. The number of hydrogen-bond acceptors (Lipinski definition) is 5. The van der Waals surface area contributed by atoms with Crippen molar-refractivity contribution in [2.75, 3.05) is 13.1 Å². The van der Waals surface area contributed by atoms with Gasteiger partial charge in [-0.3, -0.25) is 9.36 Å². The van der Waals surface area contributed by atoms with Crippen LogP contribution in [0, 0.1) is 0 Å². The van der Waals surface area contributed by atoms with Crippen LogP contribution in [0.1, 0.15) is 44.9 Å². The van der Waals surface area contributed by atoms with Crippen LogP contribution < -0.4 is 11.1 Å². The first kappa shape index (κ1) is 19.2. The summed E-state index contributed by atoms with van der Waals surface area (Å²) in [7, 11) is -3.59. The molecule has 9 heteroatoms. The molecular formula is C19H25N3O5S. The van der Waals surface area contributed by atoms with Crippen LogP contribution in [0.4, 0.5) is 0 Å². The van der Waals surface area contributed by atoms with Crippen molar-refractivity contribution in [1.82, 2.24) is 14.2 Å². The number of amides is 1. The Morgan fingerprint density at radius 3 is 2.54 bits per heavy atom. The maximum atomic E-state index is 12.7. The van der Waals surface area contributed by atoms with Gasteiger partial charge < -0.3 is 9.73 Å². The largest absolute Gasteiger partial charge is 0.420 e. The molecule has 2 aliphatic rings. The zero-order valence-electron chi connectivity index (χ0n) is 15.7. The third-order valence-corrected chi connectivity index (χ3v) is 7.51. The number of carbonyl (C=O) groups excluding carboxylic acids is 1. The standard InChI is InChI=1S/C19H25N3O5S/c23-18(20-14-6-2-1-3-7-14)13-22-16-9-8-15(12-17(16)27-19(22)24)28(25,26)21-10-4-5-11-21/h8-9,12,14H,1-7,10-11,13H2,(H,20,23). The summed E-state index contributed by atoms with van der Waals surface area (Å²) in [4.78, 5) is 24.7. The first-order valence-electron chi connectivity index (χ1n) is 9.88. The Hall–Kier alpha value is -2.13. The summed E-state index contributed by atoms with van der Waals surface area (Å²) >= 11 is 0. The zero-order chi connectivity index (χ0) is 19.7. The molecule has 0 bridgehead atoms. The van der Waals surface area contributed by atoms with Gasteiger partial charge in [0.1, 0.15) is 6.54 Å². The molecule has 152 valence electrons.